The monoisotopic (exact) mass is 747 g/mol. The molecule has 56 heavy (non-hydrogen) atoms. The topological polar surface area (TPSA) is 48.5 Å². The van der Waals surface area contributed by atoms with Gasteiger partial charge in [0.05, 0.1) is 65.9 Å². The lowest BCUT2D eigenvalue weighted by Gasteiger charge is -2.14. The van der Waals surface area contributed by atoms with Crippen molar-refractivity contribution in [2.75, 3.05) is 0 Å². The van der Waals surface area contributed by atoms with E-state index in [0.717, 1.165) is 10.6 Å². The molecule has 0 aliphatic carbocycles. The molecular weight excluding hydrogens is 683 g/mol. The Kier molecular flexibility index (Phi) is 3.10. The van der Waals surface area contributed by atoms with E-state index in [9.17, 15) is 15.1 Å². The number of fused-ring (bicyclic) bond motifs is 7. The van der Waals surface area contributed by atoms with Crippen LogP contribution >= 0.6 is 0 Å². The van der Waals surface area contributed by atoms with Crippen molar-refractivity contribution in [3.8, 4) is 56.7 Å². The molecular formula is C51H33N5. The van der Waals surface area contributed by atoms with Gasteiger partial charge in [0.1, 0.15) is 0 Å². The Morgan fingerprint density at radius 2 is 0.839 bits per heavy atom. The van der Waals surface area contributed by atoms with Crippen LogP contribution in [0, 0.1) is 0 Å². The molecule has 11 aromatic rings. The first-order valence-electron chi connectivity index (χ1n) is 32.3. The summed E-state index contributed by atoms with van der Waals surface area (Å²) in [6.45, 7) is 0. The number of hydrogen-bond donors (Lipinski definition) is 0. The summed E-state index contributed by atoms with van der Waals surface area (Å²) in [7, 11) is 0. The van der Waals surface area contributed by atoms with Crippen molar-refractivity contribution in [1.82, 2.24) is 24.1 Å². The zero-order chi connectivity index (χ0) is 64.9. The fraction of sp³-hybridized carbons (Fsp3) is 0. The van der Waals surface area contributed by atoms with Crippen molar-refractivity contribution in [2.45, 2.75) is 0 Å². The van der Waals surface area contributed by atoms with E-state index in [1.54, 1.807) is 0 Å². The zero-order valence-electron chi connectivity index (χ0n) is 59.8. The van der Waals surface area contributed by atoms with E-state index in [0.29, 0.717) is 4.57 Å². The summed E-state index contributed by atoms with van der Waals surface area (Å²) in [6.07, 6.45) is 0. The number of aromatic nitrogens is 5. The summed E-state index contributed by atoms with van der Waals surface area (Å²) >= 11 is 0. The molecule has 0 fully saturated rings. The minimum atomic E-state index is -1.09. The molecule has 3 heterocycles. The van der Waals surface area contributed by atoms with E-state index in [4.69, 9.17) is 28.8 Å². The number of rotatable bonds is 6. The smallest absolute Gasteiger partial charge is 0.238 e. The maximum absolute atomic E-state index is 9.88. The molecule has 0 aliphatic heterocycles. The van der Waals surface area contributed by atoms with Gasteiger partial charge in [0.25, 0.3) is 0 Å². The first-order valence-corrected chi connectivity index (χ1v) is 16.3. The van der Waals surface area contributed by atoms with Crippen molar-refractivity contribution in [1.29, 1.82) is 0 Å². The number of hydrogen-bond acceptors (Lipinski definition) is 3. The fourth-order valence-electron chi connectivity index (χ4n) is 6.23. The van der Waals surface area contributed by atoms with Gasteiger partial charge in [-0.2, -0.15) is 9.97 Å². The maximum Gasteiger partial charge on any atom is 0.238 e. The van der Waals surface area contributed by atoms with Crippen molar-refractivity contribution < 1.29 is 43.9 Å². The number of nitrogens with zero attached hydrogens (tertiary/aromatic N) is 5. The molecule has 3 aromatic heterocycles. The van der Waals surface area contributed by atoms with Crippen LogP contribution in [0.1, 0.15) is 43.9 Å². The van der Waals surface area contributed by atoms with Crippen molar-refractivity contribution in [3.05, 3.63) is 199 Å². The summed E-state index contributed by atoms with van der Waals surface area (Å²) < 4.78 is 289. The number of para-hydroxylation sites is 2. The predicted molar refractivity (Wildman–Crippen MR) is 230 cm³/mol. The summed E-state index contributed by atoms with van der Waals surface area (Å²) in [5.74, 6) is -3.05. The van der Waals surface area contributed by atoms with Gasteiger partial charge in [0.15, 0.2) is 11.6 Å². The molecule has 5 heteroatoms. The summed E-state index contributed by atoms with van der Waals surface area (Å²) in [5, 5.41) is -2.66. The van der Waals surface area contributed by atoms with Crippen molar-refractivity contribution in [3.63, 3.8) is 0 Å². The second-order valence-electron chi connectivity index (χ2n) is 11.6. The van der Waals surface area contributed by atoms with E-state index >= 15 is 0 Å². The van der Waals surface area contributed by atoms with Gasteiger partial charge in [-0.15, -0.1) is 0 Å². The highest BCUT2D eigenvalue weighted by Crippen LogP contribution is 2.42. The molecule has 0 saturated heterocycles. The average Bonchev–Trinajstić information content (AvgIpc) is 1.51. The van der Waals surface area contributed by atoms with E-state index in [1.807, 2.05) is 0 Å². The van der Waals surface area contributed by atoms with E-state index in [-0.39, 0.29) is 0 Å². The molecule has 0 atom stereocenters. The van der Waals surface area contributed by atoms with Crippen LogP contribution in [0.5, 0.6) is 0 Å². The van der Waals surface area contributed by atoms with Crippen LogP contribution in [-0.4, -0.2) is 24.1 Å². The molecule has 0 spiro atoms. The highest BCUT2D eigenvalue weighted by Gasteiger charge is 2.23. The van der Waals surface area contributed by atoms with E-state index < -0.39 is 294 Å². The van der Waals surface area contributed by atoms with Crippen LogP contribution in [0.2, 0.25) is 0 Å². The average molecular weight is 748 g/mol. The Bertz CT molecular complexity index is 5070. The van der Waals surface area contributed by atoms with Crippen molar-refractivity contribution >= 4 is 43.6 Å². The standard InChI is InChI=1S/C51H33N5/c1-4-16-34(17-5-1)37-22-14-24-39(32-37)50-52-49(36-20-8-3-9-21-36)53-51(54-50)56-46-29-13-11-27-42(46)44-31-30-43-41-26-10-12-28-45(41)55(47(43)48(44)56)40-25-15-23-38(33-40)35-18-6-2-7-19-35/h1-33H/i1D,2D,3D,4D,5D,6D,7D,8D,9D,10D,11D,12D,13D,14D,15D,16D,17D,18D,20D,21D,22D,23D,24D,25D,26D,27D,28D,29D,30D,31D,32D,33D. The van der Waals surface area contributed by atoms with Crippen LogP contribution in [0.4, 0.5) is 0 Å². The lowest BCUT2D eigenvalue weighted by molar-refractivity contribution is 0.953. The Morgan fingerprint density at radius 1 is 0.339 bits per heavy atom. The molecule has 0 unspecified atom stereocenters. The number of benzene rings is 8. The van der Waals surface area contributed by atoms with Gasteiger partial charge in [-0.1, -0.05) is 169 Å². The van der Waals surface area contributed by atoms with Gasteiger partial charge < -0.3 is 4.57 Å². The quantitative estimate of drug-likeness (QED) is 0.170. The minimum absolute atomic E-state index is 0.569. The second kappa shape index (κ2) is 13.0. The molecule has 5 nitrogen and oxygen atoms in total. The fourth-order valence-corrected chi connectivity index (χ4v) is 6.23. The molecule has 0 bridgehead atoms. The van der Waals surface area contributed by atoms with Crippen molar-refractivity contribution in [2.24, 2.45) is 0 Å². The Morgan fingerprint density at radius 3 is 1.55 bits per heavy atom. The van der Waals surface area contributed by atoms with Gasteiger partial charge in [0.2, 0.25) is 5.95 Å². The van der Waals surface area contributed by atoms with Crippen LogP contribution in [0.15, 0.2) is 199 Å². The van der Waals surface area contributed by atoms with E-state index in [2.05, 4.69) is 15.0 Å². The first kappa shape index (κ1) is 13.3. The van der Waals surface area contributed by atoms with Gasteiger partial charge in [-0.05, 0) is 52.5 Å². The van der Waals surface area contributed by atoms with E-state index in [1.165, 1.54) is 0 Å². The lowest BCUT2D eigenvalue weighted by Crippen LogP contribution is -2.07. The van der Waals surface area contributed by atoms with Gasteiger partial charge in [-0.25, -0.2) is 4.98 Å². The van der Waals surface area contributed by atoms with Crippen LogP contribution in [-0.2, 0) is 0 Å². The minimum Gasteiger partial charge on any atom is -0.307 e. The van der Waals surface area contributed by atoms with Crippen LogP contribution < -0.4 is 0 Å². The normalized spacial score (nSPS) is 19.6. The largest absolute Gasteiger partial charge is 0.307 e. The Hall–Kier alpha value is -7.63. The van der Waals surface area contributed by atoms with Crippen LogP contribution in [0.25, 0.3) is 100 Å². The van der Waals surface area contributed by atoms with Gasteiger partial charge in [-0.3, -0.25) is 4.57 Å². The third kappa shape index (κ3) is 5.21. The molecule has 262 valence electrons. The third-order valence-corrected chi connectivity index (χ3v) is 8.54. The molecule has 0 aliphatic rings. The molecule has 0 radical (unpaired) electrons. The zero-order valence-corrected chi connectivity index (χ0v) is 27.8. The molecule has 0 saturated carbocycles. The van der Waals surface area contributed by atoms with Gasteiger partial charge >= 0.3 is 0 Å². The maximum atomic E-state index is 9.88. The second-order valence-corrected chi connectivity index (χ2v) is 11.6. The molecule has 0 amide bonds. The molecule has 0 N–H and O–H groups in total. The predicted octanol–water partition coefficient (Wildman–Crippen LogP) is 12.7. The summed E-state index contributed by atoms with van der Waals surface area (Å²) in [4.78, 5) is 13.5. The first-order chi connectivity index (χ1) is 41.1. The lowest BCUT2D eigenvalue weighted by atomic mass is 10.0. The highest BCUT2D eigenvalue weighted by atomic mass is 15.2. The SMILES string of the molecule is [2H]c1cc(-c2c([2H])c([2H])c([2H])c(-n3c4c([2H])c([2H])c([2H])c([2H])c4c4c([2H])c([2H])c5c6c([2H])c([2H])c([2H])c([2H])c6n(-c6nc(-c7c([2H])c([2H])c([2H])c([2H])c7[2H])nc(-c7c([2H])c([2H])c([2H])c(-c8c([2H])c([2H])c([2H])c([2H])c8[2H])c7[2H])n6)c5c43)c2[2H])c([2H])c([2H])c1[2H]. The highest BCUT2D eigenvalue weighted by molar-refractivity contribution is 6.23. The summed E-state index contributed by atoms with van der Waals surface area (Å²) in [5.41, 5.74) is -8.67. The Balaban J connectivity index is 1.46. The summed E-state index contributed by atoms with van der Waals surface area (Å²) in [6, 6.07) is -30.2. The Labute approximate surface area is 368 Å². The molecule has 11 rings (SSSR count). The molecule has 8 aromatic carbocycles. The third-order valence-electron chi connectivity index (χ3n) is 8.54. The van der Waals surface area contributed by atoms with Gasteiger partial charge in [0, 0.05) is 38.4 Å². The van der Waals surface area contributed by atoms with Crippen LogP contribution in [0.3, 0.4) is 0 Å².